The molecule has 1 N–H and O–H groups in total. The van der Waals surface area contributed by atoms with Gasteiger partial charge in [0.2, 0.25) is 0 Å². The highest BCUT2D eigenvalue weighted by Gasteiger charge is 2.24. The Morgan fingerprint density at radius 1 is 0.931 bits per heavy atom. The van der Waals surface area contributed by atoms with Crippen LogP contribution < -0.4 is 10.2 Å². The van der Waals surface area contributed by atoms with Crippen LogP contribution >= 0.6 is 15.9 Å². The van der Waals surface area contributed by atoms with Crippen LogP contribution in [0.3, 0.4) is 0 Å². The number of urea groups is 1. The predicted molar refractivity (Wildman–Crippen MR) is 120 cm³/mol. The number of nitrogens with one attached hydrogen (secondary N) is 1. The quantitative estimate of drug-likeness (QED) is 0.486. The third-order valence-corrected chi connectivity index (χ3v) is 5.78. The number of piperazine rings is 1. The summed E-state index contributed by atoms with van der Waals surface area (Å²) >= 11 is 3.43. The number of carbonyl (C=O) groups is 1. The minimum atomic E-state index is -0.0675. The van der Waals surface area contributed by atoms with Crippen molar-refractivity contribution < 1.29 is 4.79 Å². The van der Waals surface area contributed by atoms with Crippen molar-refractivity contribution in [3.05, 3.63) is 71.3 Å². The number of hydrogen-bond acceptors (Lipinski definition) is 3. The molecule has 4 aromatic rings. The zero-order valence-electron chi connectivity index (χ0n) is 15.8. The molecule has 0 radical (unpaired) electrons. The van der Waals surface area contributed by atoms with Crippen molar-refractivity contribution in [3.8, 4) is 0 Å². The summed E-state index contributed by atoms with van der Waals surface area (Å²) < 4.78 is 3.13. The number of amides is 2. The van der Waals surface area contributed by atoms with Gasteiger partial charge in [-0.1, -0.05) is 34.1 Å². The second-order valence-electron chi connectivity index (χ2n) is 7.10. The normalized spacial score (nSPS) is 14.5. The summed E-state index contributed by atoms with van der Waals surface area (Å²) in [4.78, 5) is 21.7. The van der Waals surface area contributed by atoms with E-state index in [1.807, 2.05) is 47.4 Å². The monoisotopic (exact) mass is 449 g/mol. The van der Waals surface area contributed by atoms with Crippen LogP contribution in [-0.2, 0) is 0 Å². The first-order valence-electron chi connectivity index (χ1n) is 9.61. The summed E-state index contributed by atoms with van der Waals surface area (Å²) in [6.45, 7) is 2.80. The Balaban J connectivity index is 1.34. The molecule has 0 saturated carbocycles. The molecule has 1 saturated heterocycles. The third-order valence-electron chi connectivity index (χ3n) is 5.29. The Morgan fingerprint density at radius 3 is 2.55 bits per heavy atom. The Morgan fingerprint density at radius 2 is 1.72 bits per heavy atom. The average Bonchev–Trinajstić information content (AvgIpc) is 3.24. The molecule has 6 nitrogen and oxygen atoms in total. The van der Waals surface area contributed by atoms with Crippen LogP contribution in [-0.4, -0.2) is 46.5 Å². The molecule has 7 heteroatoms. The van der Waals surface area contributed by atoms with Crippen molar-refractivity contribution in [2.45, 2.75) is 0 Å². The van der Waals surface area contributed by atoms with Crippen LogP contribution in [0.4, 0.5) is 16.3 Å². The Bertz CT molecular complexity index is 1200. The van der Waals surface area contributed by atoms with E-state index in [1.165, 1.54) is 0 Å². The summed E-state index contributed by atoms with van der Waals surface area (Å²) in [7, 11) is 0. The number of benzene rings is 2. The fraction of sp³-hybridized carbons (Fsp3) is 0.182. The van der Waals surface area contributed by atoms with Crippen molar-refractivity contribution in [1.82, 2.24) is 14.3 Å². The SMILES string of the molecule is O=C(Nc1cccc(Br)c1)N1CCN(c2nc3ccccc3n3cccc23)CC1. The molecule has 2 amide bonds. The van der Waals surface area contributed by atoms with Gasteiger partial charge in [-0.05, 0) is 42.5 Å². The fourth-order valence-corrected chi connectivity index (χ4v) is 4.23. The Hall–Kier alpha value is -3.06. The molecular formula is C22H20BrN5O. The highest BCUT2D eigenvalue weighted by Crippen LogP contribution is 2.26. The van der Waals surface area contributed by atoms with E-state index in [-0.39, 0.29) is 6.03 Å². The van der Waals surface area contributed by atoms with Gasteiger partial charge < -0.3 is 19.5 Å². The molecule has 0 bridgehead atoms. The lowest BCUT2D eigenvalue weighted by Gasteiger charge is -2.35. The number of halogens is 1. The van der Waals surface area contributed by atoms with E-state index in [4.69, 9.17) is 4.98 Å². The Kier molecular flexibility index (Phi) is 4.60. The van der Waals surface area contributed by atoms with Crippen molar-refractivity contribution in [2.75, 3.05) is 36.4 Å². The van der Waals surface area contributed by atoms with E-state index < -0.39 is 0 Å². The van der Waals surface area contributed by atoms with E-state index in [2.05, 4.69) is 54.9 Å². The van der Waals surface area contributed by atoms with Gasteiger partial charge in [0, 0.05) is 42.5 Å². The summed E-state index contributed by atoms with van der Waals surface area (Å²) in [5, 5.41) is 2.98. The lowest BCUT2D eigenvalue weighted by molar-refractivity contribution is 0.208. The summed E-state index contributed by atoms with van der Waals surface area (Å²) in [6, 6.07) is 19.9. The van der Waals surface area contributed by atoms with E-state index >= 15 is 0 Å². The molecule has 1 fully saturated rings. The molecule has 0 spiro atoms. The van der Waals surface area contributed by atoms with Crippen LogP contribution in [0.15, 0.2) is 71.3 Å². The van der Waals surface area contributed by atoms with Crippen molar-refractivity contribution in [2.24, 2.45) is 0 Å². The average molecular weight is 450 g/mol. The number of hydrogen-bond donors (Lipinski definition) is 1. The standard InChI is InChI=1S/C22H20BrN5O/c23-16-5-3-6-17(15-16)24-22(29)27-13-11-26(12-14-27)21-20-9-4-10-28(20)19-8-2-1-7-18(19)25-21/h1-10,15H,11-14H2,(H,24,29). The first kappa shape index (κ1) is 18.0. The van der Waals surface area contributed by atoms with Gasteiger partial charge in [0.15, 0.2) is 5.82 Å². The molecule has 29 heavy (non-hydrogen) atoms. The van der Waals surface area contributed by atoms with Crippen LogP contribution in [0, 0.1) is 0 Å². The minimum Gasteiger partial charge on any atom is -0.351 e. The smallest absolute Gasteiger partial charge is 0.321 e. The molecule has 0 atom stereocenters. The molecule has 2 aromatic heterocycles. The van der Waals surface area contributed by atoms with Crippen molar-refractivity contribution >= 4 is 50.0 Å². The maximum absolute atomic E-state index is 12.6. The van der Waals surface area contributed by atoms with Gasteiger partial charge >= 0.3 is 6.03 Å². The highest BCUT2D eigenvalue weighted by atomic mass is 79.9. The van der Waals surface area contributed by atoms with Gasteiger partial charge in [-0.25, -0.2) is 9.78 Å². The number of rotatable bonds is 2. The fourth-order valence-electron chi connectivity index (χ4n) is 3.83. The number of carbonyl (C=O) groups excluding carboxylic acids is 1. The molecule has 5 rings (SSSR count). The molecule has 0 aliphatic carbocycles. The molecular weight excluding hydrogens is 430 g/mol. The Labute approximate surface area is 176 Å². The number of aromatic nitrogens is 2. The summed E-state index contributed by atoms with van der Waals surface area (Å²) in [5.41, 5.74) is 3.96. The zero-order chi connectivity index (χ0) is 19.8. The minimum absolute atomic E-state index is 0.0675. The topological polar surface area (TPSA) is 52.9 Å². The van der Waals surface area contributed by atoms with E-state index in [0.29, 0.717) is 13.1 Å². The second kappa shape index (κ2) is 7.40. The van der Waals surface area contributed by atoms with Crippen LogP contribution in [0.25, 0.3) is 16.6 Å². The lowest BCUT2D eigenvalue weighted by atomic mass is 10.2. The molecule has 3 heterocycles. The van der Waals surface area contributed by atoms with Gasteiger partial charge in [0.05, 0.1) is 16.6 Å². The molecule has 146 valence electrons. The van der Waals surface area contributed by atoms with Gasteiger partial charge in [-0.15, -0.1) is 0 Å². The van der Waals surface area contributed by atoms with E-state index in [9.17, 15) is 4.79 Å². The van der Waals surface area contributed by atoms with Gasteiger partial charge in [0.25, 0.3) is 0 Å². The number of anilines is 2. The molecule has 1 aliphatic rings. The molecule has 0 unspecified atom stereocenters. The highest BCUT2D eigenvalue weighted by molar-refractivity contribution is 9.10. The number of para-hydroxylation sites is 2. The molecule has 2 aromatic carbocycles. The number of nitrogens with zero attached hydrogens (tertiary/aromatic N) is 4. The number of fused-ring (bicyclic) bond motifs is 3. The van der Waals surface area contributed by atoms with E-state index in [1.54, 1.807) is 0 Å². The largest absolute Gasteiger partial charge is 0.351 e. The van der Waals surface area contributed by atoms with Crippen LogP contribution in [0.5, 0.6) is 0 Å². The second-order valence-corrected chi connectivity index (χ2v) is 8.02. The molecule has 1 aliphatic heterocycles. The lowest BCUT2D eigenvalue weighted by Crippen LogP contribution is -2.50. The van der Waals surface area contributed by atoms with Gasteiger partial charge in [-0.2, -0.15) is 0 Å². The van der Waals surface area contributed by atoms with Crippen LogP contribution in [0.2, 0.25) is 0 Å². The first-order chi connectivity index (χ1) is 14.2. The third kappa shape index (κ3) is 3.42. The summed E-state index contributed by atoms with van der Waals surface area (Å²) in [6.07, 6.45) is 2.07. The van der Waals surface area contributed by atoms with Gasteiger partial charge in [-0.3, -0.25) is 0 Å². The predicted octanol–water partition coefficient (Wildman–Crippen LogP) is 4.60. The van der Waals surface area contributed by atoms with Crippen LogP contribution in [0.1, 0.15) is 0 Å². The van der Waals surface area contributed by atoms with Crippen molar-refractivity contribution in [3.63, 3.8) is 0 Å². The maximum atomic E-state index is 12.6. The van der Waals surface area contributed by atoms with E-state index in [0.717, 1.165) is 45.6 Å². The maximum Gasteiger partial charge on any atom is 0.321 e. The van der Waals surface area contributed by atoms with Crippen molar-refractivity contribution in [1.29, 1.82) is 0 Å². The summed E-state index contributed by atoms with van der Waals surface area (Å²) in [5.74, 6) is 0.973. The zero-order valence-corrected chi connectivity index (χ0v) is 17.3. The van der Waals surface area contributed by atoms with Gasteiger partial charge in [0.1, 0.15) is 0 Å². The first-order valence-corrected chi connectivity index (χ1v) is 10.4.